The summed E-state index contributed by atoms with van der Waals surface area (Å²) >= 11 is 7.71. The Morgan fingerprint density at radius 1 is 1.17 bits per heavy atom. The van der Waals surface area contributed by atoms with Gasteiger partial charge in [0, 0.05) is 63.8 Å². The van der Waals surface area contributed by atoms with Gasteiger partial charge in [-0.25, -0.2) is 0 Å². The van der Waals surface area contributed by atoms with Crippen molar-refractivity contribution in [2.75, 3.05) is 39.8 Å². The molecule has 3 aromatic rings. The lowest BCUT2D eigenvalue weighted by molar-refractivity contribution is 0.174. The summed E-state index contributed by atoms with van der Waals surface area (Å²) in [5.74, 6) is 1.98. The molecule has 1 fully saturated rings. The summed E-state index contributed by atoms with van der Waals surface area (Å²) in [4.78, 5) is 10.6. The Kier molecular flexibility index (Phi) is 6.63. The van der Waals surface area contributed by atoms with Crippen LogP contribution in [0.3, 0.4) is 0 Å². The number of aliphatic imine (C=N–C) groups is 1. The Labute approximate surface area is 180 Å². The predicted octanol–water partition coefficient (Wildman–Crippen LogP) is 2.77. The van der Waals surface area contributed by atoms with Crippen molar-refractivity contribution < 1.29 is 0 Å². The van der Waals surface area contributed by atoms with Crippen LogP contribution < -0.4 is 5.32 Å². The fourth-order valence-corrected chi connectivity index (χ4v) is 4.75. The molecule has 1 N–H and O–H groups in total. The molecule has 0 bridgehead atoms. The highest BCUT2D eigenvalue weighted by molar-refractivity contribution is 7.16. The van der Waals surface area contributed by atoms with Crippen molar-refractivity contribution in [2.24, 2.45) is 4.99 Å². The lowest BCUT2D eigenvalue weighted by Gasteiger charge is -2.36. The number of nitrogens with zero attached hydrogens (tertiary/aromatic N) is 6. The monoisotopic (exact) mass is 431 g/mol. The molecule has 0 unspecified atom stereocenters. The van der Waals surface area contributed by atoms with Crippen LogP contribution in [0.2, 0.25) is 4.34 Å². The summed E-state index contributed by atoms with van der Waals surface area (Å²) in [6.45, 7) is 5.86. The van der Waals surface area contributed by atoms with E-state index >= 15 is 0 Å². The minimum Gasteiger partial charge on any atom is -0.356 e. The zero-order valence-corrected chi connectivity index (χ0v) is 18.2. The van der Waals surface area contributed by atoms with Gasteiger partial charge in [0.15, 0.2) is 11.6 Å². The molecule has 4 heterocycles. The maximum atomic E-state index is 6.04. The number of pyridine rings is 1. The molecule has 4 rings (SSSR count). The number of halogens is 1. The number of piperazine rings is 1. The average Bonchev–Trinajstić information content (AvgIpc) is 3.35. The van der Waals surface area contributed by atoms with Crippen LogP contribution in [0.4, 0.5) is 0 Å². The largest absolute Gasteiger partial charge is 0.356 e. The normalized spacial score (nSPS) is 15.9. The maximum Gasteiger partial charge on any atom is 0.193 e. The number of nitrogens with one attached hydrogen (secondary N) is 1. The van der Waals surface area contributed by atoms with Gasteiger partial charge in [-0.05, 0) is 30.7 Å². The smallest absolute Gasteiger partial charge is 0.193 e. The molecule has 0 atom stereocenters. The molecule has 154 valence electrons. The second kappa shape index (κ2) is 9.56. The Morgan fingerprint density at radius 3 is 2.79 bits per heavy atom. The standard InChI is InChI=1S/C20H26ClN7S/c1-22-20(23-9-4-6-19-25-24-18-5-2-3-10-28(18)19)27-13-11-26(12-14-27)15-16-7-8-17(21)29-16/h2-3,5,7-8,10H,4,6,9,11-15H2,1H3,(H,22,23). The van der Waals surface area contributed by atoms with E-state index in [0.29, 0.717) is 0 Å². The van der Waals surface area contributed by atoms with Crippen LogP contribution >= 0.6 is 22.9 Å². The quantitative estimate of drug-likeness (QED) is 0.369. The maximum absolute atomic E-state index is 6.04. The number of hydrogen-bond donors (Lipinski definition) is 1. The molecule has 3 aromatic heterocycles. The molecule has 1 saturated heterocycles. The van der Waals surface area contributed by atoms with Crippen LogP contribution in [0, 0.1) is 0 Å². The fraction of sp³-hybridized carbons (Fsp3) is 0.450. The third-order valence-corrected chi connectivity index (χ3v) is 6.35. The summed E-state index contributed by atoms with van der Waals surface area (Å²) in [6.07, 6.45) is 3.88. The van der Waals surface area contributed by atoms with Gasteiger partial charge in [0.1, 0.15) is 5.82 Å². The molecule has 1 aliphatic rings. The number of rotatable bonds is 6. The first kappa shape index (κ1) is 20.1. The predicted molar refractivity (Wildman–Crippen MR) is 119 cm³/mol. The van der Waals surface area contributed by atoms with Gasteiger partial charge >= 0.3 is 0 Å². The van der Waals surface area contributed by atoms with Gasteiger partial charge in [-0.3, -0.25) is 14.3 Å². The first-order valence-corrected chi connectivity index (χ1v) is 11.1. The van der Waals surface area contributed by atoms with Crippen molar-refractivity contribution >= 4 is 34.5 Å². The van der Waals surface area contributed by atoms with Crippen LogP contribution in [-0.2, 0) is 13.0 Å². The van der Waals surface area contributed by atoms with Gasteiger partial charge in [0.25, 0.3) is 0 Å². The minimum absolute atomic E-state index is 0.863. The molecule has 0 amide bonds. The summed E-state index contributed by atoms with van der Waals surface area (Å²) in [5, 5.41) is 12.0. The second-order valence-electron chi connectivity index (χ2n) is 7.09. The van der Waals surface area contributed by atoms with Crippen LogP contribution in [0.25, 0.3) is 5.65 Å². The van der Waals surface area contributed by atoms with E-state index in [4.69, 9.17) is 11.6 Å². The van der Waals surface area contributed by atoms with E-state index in [-0.39, 0.29) is 0 Å². The highest BCUT2D eigenvalue weighted by atomic mass is 35.5. The number of aryl methyl sites for hydroxylation is 1. The van der Waals surface area contributed by atoms with E-state index in [2.05, 4.69) is 40.8 Å². The van der Waals surface area contributed by atoms with Crippen molar-refractivity contribution in [2.45, 2.75) is 19.4 Å². The highest BCUT2D eigenvalue weighted by Crippen LogP contribution is 2.23. The molecule has 1 aliphatic heterocycles. The van der Waals surface area contributed by atoms with E-state index in [0.717, 1.165) is 73.9 Å². The number of aromatic nitrogens is 3. The molecular weight excluding hydrogens is 406 g/mol. The SMILES string of the molecule is CN=C(NCCCc1nnc2ccccn12)N1CCN(Cc2ccc(Cl)s2)CC1. The topological polar surface area (TPSA) is 61.1 Å². The molecule has 29 heavy (non-hydrogen) atoms. The zero-order valence-electron chi connectivity index (χ0n) is 16.6. The van der Waals surface area contributed by atoms with Crippen molar-refractivity contribution in [1.29, 1.82) is 0 Å². The van der Waals surface area contributed by atoms with Gasteiger partial charge in [0.05, 0.1) is 4.34 Å². The molecule has 0 aromatic carbocycles. The Hall–Kier alpha value is -2.16. The highest BCUT2D eigenvalue weighted by Gasteiger charge is 2.20. The summed E-state index contributed by atoms with van der Waals surface area (Å²) in [5.41, 5.74) is 0.897. The summed E-state index contributed by atoms with van der Waals surface area (Å²) in [7, 11) is 1.86. The van der Waals surface area contributed by atoms with Crippen molar-refractivity contribution in [1.82, 2.24) is 29.7 Å². The van der Waals surface area contributed by atoms with Crippen molar-refractivity contribution in [3.8, 4) is 0 Å². The lowest BCUT2D eigenvalue weighted by atomic mass is 10.3. The molecule has 7 nitrogen and oxygen atoms in total. The van der Waals surface area contributed by atoms with Crippen molar-refractivity contribution in [3.63, 3.8) is 0 Å². The van der Waals surface area contributed by atoms with Crippen LogP contribution in [0.5, 0.6) is 0 Å². The minimum atomic E-state index is 0.863. The van der Waals surface area contributed by atoms with Crippen LogP contribution in [-0.4, -0.2) is 70.1 Å². The van der Waals surface area contributed by atoms with E-state index in [1.165, 1.54) is 4.88 Å². The summed E-state index contributed by atoms with van der Waals surface area (Å²) in [6, 6.07) is 10.1. The number of guanidine groups is 1. The zero-order chi connectivity index (χ0) is 20.1. The van der Waals surface area contributed by atoms with Gasteiger partial charge in [-0.15, -0.1) is 21.5 Å². The van der Waals surface area contributed by atoms with Crippen LogP contribution in [0.15, 0.2) is 41.5 Å². The van der Waals surface area contributed by atoms with E-state index in [1.54, 1.807) is 11.3 Å². The third-order valence-electron chi connectivity index (χ3n) is 5.14. The fourth-order valence-electron chi connectivity index (χ4n) is 3.62. The molecular formula is C20H26ClN7S. The van der Waals surface area contributed by atoms with Gasteiger partial charge in [-0.1, -0.05) is 17.7 Å². The summed E-state index contributed by atoms with van der Waals surface area (Å²) < 4.78 is 2.91. The van der Waals surface area contributed by atoms with Gasteiger partial charge in [0.2, 0.25) is 0 Å². The number of thiophene rings is 1. The van der Waals surface area contributed by atoms with E-state index in [1.807, 2.05) is 37.5 Å². The third kappa shape index (κ3) is 5.07. The first-order chi connectivity index (χ1) is 14.2. The van der Waals surface area contributed by atoms with E-state index < -0.39 is 0 Å². The van der Waals surface area contributed by atoms with Crippen LogP contribution in [0.1, 0.15) is 17.1 Å². The Morgan fingerprint density at radius 2 is 2.03 bits per heavy atom. The average molecular weight is 432 g/mol. The van der Waals surface area contributed by atoms with Gasteiger partial charge in [-0.2, -0.15) is 0 Å². The molecule has 0 aliphatic carbocycles. The Balaban J connectivity index is 1.21. The second-order valence-corrected chi connectivity index (χ2v) is 8.89. The van der Waals surface area contributed by atoms with Crippen molar-refractivity contribution in [3.05, 3.63) is 51.6 Å². The van der Waals surface area contributed by atoms with Gasteiger partial charge < -0.3 is 10.2 Å². The molecule has 0 saturated carbocycles. The lowest BCUT2D eigenvalue weighted by Crippen LogP contribution is -2.52. The first-order valence-electron chi connectivity index (χ1n) is 9.94. The van der Waals surface area contributed by atoms with E-state index in [9.17, 15) is 0 Å². The number of hydrogen-bond acceptors (Lipinski definition) is 5. The molecule has 0 spiro atoms. The molecule has 9 heteroatoms. The Bertz CT molecular complexity index is 959. The molecule has 0 radical (unpaired) electrons. The number of fused-ring (bicyclic) bond motifs is 1.